The van der Waals surface area contributed by atoms with Crippen LogP contribution in [0.4, 0.5) is 11.7 Å². The number of benzene rings is 2. The molecule has 0 unspecified atom stereocenters. The third-order valence-corrected chi connectivity index (χ3v) is 4.30. The van der Waals surface area contributed by atoms with Crippen LogP contribution in [0.25, 0.3) is 12.2 Å². The van der Waals surface area contributed by atoms with Crippen molar-refractivity contribution in [2.24, 2.45) is 0 Å². The van der Waals surface area contributed by atoms with E-state index < -0.39 is 4.92 Å². The molecule has 0 bridgehead atoms. The average Bonchev–Trinajstić information content (AvgIpc) is 3.05. The Morgan fingerprint density at radius 1 is 1.26 bits per heavy atom. The lowest BCUT2D eigenvalue weighted by Gasteiger charge is -2.11. The number of rotatable bonds is 6. The van der Waals surface area contributed by atoms with Gasteiger partial charge in [0.15, 0.2) is 5.75 Å². The smallest absolute Gasteiger partial charge is 0.313 e. The average molecular weight is 452 g/mol. The van der Waals surface area contributed by atoms with E-state index in [1.54, 1.807) is 30.4 Å². The van der Waals surface area contributed by atoms with Crippen molar-refractivity contribution in [1.82, 2.24) is 10.2 Å². The number of anilines is 1. The summed E-state index contributed by atoms with van der Waals surface area (Å²) in [5.41, 5.74) is 6.96. The highest BCUT2D eigenvalue weighted by Crippen LogP contribution is 2.35. The van der Waals surface area contributed by atoms with E-state index in [0.29, 0.717) is 15.2 Å². The van der Waals surface area contributed by atoms with Gasteiger partial charge in [-0.2, -0.15) is 0 Å². The molecule has 2 aromatic carbocycles. The summed E-state index contributed by atoms with van der Waals surface area (Å²) in [5.74, 6) is 0.743. The molecule has 138 valence electrons. The molecule has 3 aromatic rings. The highest BCUT2D eigenvalue weighted by molar-refractivity contribution is 9.10. The Bertz CT molecular complexity index is 981. The molecule has 0 saturated heterocycles. The number of hydrogen-bond donors (Lipinski definition) is 1. The zero-order chi connectivity index (χ0) is 19.4. The van der Waals surface area contributed by atoms with Crippen LogP contribution in [-0.2, 0) is 6.61 Å². The van der Waals surface area contributed by atoms with E-state index in [9.17, 15) is 10.1 Å². The van der Waals surface area contributed by atoms with Crippen molar-refractivity contribution in [2.75, 3.05) is 5.73 Å². The Labute approximate surface area is 166 Å². The van der Waals surface area contributed by atoms with Crippen molar-refractivity contribution in [3.8, 4) is 5.75 Å². The first-order chi connectivity index (χ1) is 12.9. The van der Waals surface area contributed by atoms with E-state index in [4.69, 9.17) is 26.5 Å². The first-order valence-electron chi connectivity index (χ1n) is 7.54. The summed E-state index contributed by atoms with van der Waals surface area (Å²) in [5, 5.41) is 18.4. The number of nitrogen functional groups attached to an aromatic ring is 1. The van der Waals surface area contributed by atoms with Crippen molar-refractivity contribution in [3.05, 3.63) is 73.0 Å². The number of halogens is 2. The maximum atomic E-state index is 10.7. The van der Waals surface area contributed by atoms with Crippen LogP contribution in [-0.4, -0.2) is 15.1 Å². The second-order valence-corrected chi connectivity index (χ2v) is 6.60. The summed E-state index contributed by atoms with van der Waals surface area (Å²) in [7, 11) is 0. The Hall–Kier alpha value is -2.91. The normalized spacial score (nSPS) is 11.0. The van der Waals surface area contributed by atoms with Gasteiger partial charge < -0.3 is 14.9 Å². The molecule has 0 aliphatic heterocycles. The van der Waals surface area contributed by atoms with Crippen LogP contribution in [0.3, 0.4) is 0 Å². The van der Waals surface area contributed by atoms with Gasteiger partial charge in [-0.1, -0.05) is 16.7 Å². The molecule has 0 saturated carbocycles. The van der Waals surface area contributed by atoms with E-state index >= 15 is 0 Å². The molecule has 3 rings (SSSR count). The fourth-order valence-electron chi connectivity index (χ4n) is 2.16. The van der Waals surface area contributed by atoms with Crippen molar-refractivity contribution >= 4 is 51.4 Å². The molecule has 8 nitrogen and oxygen atoms in total. The van der Waals surface area contributed by atoms with Gasteiger partial charge in [0.25, 0.3) is 5.69 Å². The molecule has 0 fully saturated rings. The van der Waals surface area contributed by atoms with Crippen molar-refractivity contribution in [3.63, 3.8) is 0 Å². The van der Waals surface area contributed by atoms with E-state index in [-0.39, 0.29) is 24.2 Å². The van der Waals surface area contributed by atoms with Gasteiger partial charge in [0.05, 0.1) is 14.4 Å². The molecule has 1 heterocycles. The monoisotopic (exact) mass is 450 g/mol. The van der Waals surface area contributed by atoms with Gasteiger partial charge in [0, 0.05) is 18.2 Å². The molecular formula is C17H12BrClN4O4. The predicted molar refractivity (Wildman–Crippen MR) is 104 cm³/mol. The molecule has 0 aliphatic rings. The fraction of sp³-hybridized carbons (Fsp3) is 0.0588. The molecule has 0 amide bonds. The van der Waals surface area contributed by atoms with Crippen LogP contribution >= 0.6 is 27.5 Å². The number of hydrogen-bond acceptors (Lipinski definition) is 7. The lowest BCUT2D eigenvalue weighted by molar-refractivity contribution is -0.384. The van der Waals surface area contributed by atoms with Crippen LogP contribution in [0.15, 0.2) is 45.3 Å². The van der Waals surface area contributed by atoms with Gasteiger partial charge >= 0.3 is 6.01 Å². The van der Waals surface area contributed by atoms with E-state index in [1.807, 2.05) is 6.07 Å². The summed E-state index contributed by atoms with van der Waals surface area (Å²) in [6, 6.07) is 9.63. The number of nitro benzene ring substituents is 1. The second-order valence-electron chi connectivity index (χ2n) is 5.34. The highest BCUT2D eigenvalue weighted by Gasteiger charge is 2.10. The second kappa shape index (κ2) is 8.19. The maximum Gasteiger partial charge on any atom is 0.313 e. The molecule has 0 aliphatic carbocycles. The number of ether oxygens (including phenoxy) is 1. The molecule has 2 N–H and O–H groups in total. The summed E-state index contributed by atoms with van der Waals surface area (Å²) in [6.07, 6.45) is 3.35. The minimum Gasteiger partial charge on any atom is -0.486 e. The van der Waals surface area contributed by atoms with Crippen LogP contribution in [0.2, 0.25) is 5.02 Å². The van der Waals surface area contributed by atoms with E-state index in [0.717, 1.165) is 11.1 Å². The fourth-order valence-corrected chi connectivity index (χ4v) is 3.15. The minimum absolute atomic E-state index is 0.0103. The maximum absolute atomic E-state index is 10.7. The summed E-state index contributed by atoms with van der Waals surface area (Å²) in [4.78, 5) is 10.2. The van der Waals surface area contributed by atoms with Gasteiger partial charge in [-0.3, -0.25) is 10.1 Å². The van der Waals surface area contributed by atoms with Crippen molar-refractivity contribution in [1.29, 1.82) is 0 Å². The third kappa shape index (κ3) is 4.83. The zero-order valence-electron chi connectivity index (χ0n) is 13.6. The SMILES string of the molecule is Nc1nnc(/C=C/c2cc(Cl)c(OCc3ccc([N+](=O)[O-])cc3)c(Br)c2)o1. The standard InChI is InChI=1S/C17H12BrClN4O4/c18-13-7-11(3-6-15-21-22-17(20)27-15)8-14(19)16(13)26-9-10-1-4-12(5-2-10)23(24)25/h1-8H,9H2,(H2,20,22)/b6-3+. The number of nitrogens with zero attached hydrogens (tertiary/aromatic N) is 3. The van der Waals surface area contributed by atoms with Gasteiger partial charge in [-0.05, 0) is 57.4 Å². The number of aromatic nitrogens is 2. The number of nitrogens with two attached hydrogens (primary N) is 1. The molecule has 0 spiro atoms. The molecule has 0 radical (unpaired) electrons. The van der Waals surface area contributed by atoms with Gasteiger partial charge in [0.2, 0.25) is 5.89 Å². The first kappa shape index (κ1) is 18.9. The number of nitro groups is 1. The predicted octanol–water partition coefficient (Wildman–Crippen LogP) is 4.73. The van der Waals surface area contributed by atoms with Crippen molar-refractivity contribution < 1.29 is 14.1 Å². The molecule has 1 aromatic heterocycles. The van der Waals surface area contributed by atoms with Crippen LogP contribution in [0, 0.1) is 10.1 Å². The highest BCUT2D eigenvalue weighted by atomic mass is 79.9. The molecule has 27 heavy (non-hydrogen) atoms. The quantitative estimate of drug-likeness (QED) is 0.425. The lowest BCUT2D eigenvalue weighted by atomic mass is 10.2. The van der Waals surface area contributed by atoms with Crippen LogP contribution < -0.4 is 10.5 Å². The van der Waals surface area contributed by atoms with E-state index in [2.05, 4.69) is 26.1 Å². The Morgan fingerprint density at radius 3 is 2.59 bits per heavy atom. The summed E-state index contributed by atoms with van der Waals surface area (Å²) < 4.78 is 11.5. The molecule has 10 heteroatoms. The molecular weight excluding hydrogens is 440 g/mol. The third-order valence-electron chi connectivity index (χ3n) is 3.43. The van der Waals surface area contributed by atoms with Crippen molar-refractivity contribution in [2.45, 2.75) is 6.61 Å². The summed E-state index contributed by atoms with van der Waals surface area (Å²) in [6.45, 7) is 0.215. The summed E-state index contributed by atoms with van der Waals surface area (Å²) >= 11 is 9.73. The van der Waals surface area contributed by atoms with Gasteiger partial charge in [0.1, 0.15) is 6.61 Å². The first-order valence-corrected chi connectivity index (χ1v) is 8.71. The Morgan fingerprint density at radius 2 is 2.00 bits per heavy atom. The van der Waals surface area contributed by atoms with Gasteiger partial charge in [-0.15, -0.1) is 5.10 Å². The lowest BCUT2D eigenvalue weighted by Crippen LogP contribution is -1.97. The van der Waals surface area contributed by atoms with Crippen LogP contribution in [0.5, 0.6) is 5.75 Å². The zero-order valence-corrected chi connectivity index (χ0v) is 16.0. The Kier molecular flexibility index (Phi) is 5.72. The van der Waals surface area contributed by atoms with E-state index in [1.165, 1.54) is 12.1 Å². The van der Waals surface area contributed by atoms with Gasteiger partial charge in [-0.25, -0.2) is 0 Å². The topological polar surface area (TPSA) is 117 Å². The van der Waals surface area contributed by atoms with Crippen LogP contribution in [0.1, 0.15) is 17.0 Å². The largest absolute Gasteiger partial charge is 0.486 e. The number of non-ortho nitro benzene ring substituents is 1. The Balaban J connectivity index is 1.71. The minimum atomic E-state index is -0.451. The molecule has 0 atom stereocenters.